The van der Waals surface area contributed by atoms with Crippen LogP contribution >= 0.6 is 0 Å². The Kier molecular flexibility index (Phi) is 2.11. The molecule has 6 heteroatoms. The van der Waals surface area contributed by atoms with E-state index in [2.05, 4.69) is 15.1 Å². The van der Waals surface area contributed by atoms with Gasteiger partial charge >= 0.3 is 0 Å². The summed E-state index contributed by atoms with van der Waals surface area (Å²) in [5.41, 5.74) is 6.30. The number of nitrogens with zero attached hydrogens (tertiary/aromatic N) is 3. The highest BCUT2D eigenvalue weighted by molar-refractivity contribution is 5.59. The Morgan fingerprint density at radius 2 is 2.18 bits per heavy atom. The molecule has 0 spiro atoms. The zero-order chi connectivity index (χ0) is 11.7. The molecule has 6 nitrogen and oxygen atoms in total. The molecule has 0 radical (unpaired) electrons. The van der Waals surface area contributed by atoms with Gasteiger partial charge in [0.05, 0.1) is 6.26 Å². The largest absolute Gasteiger partial charge is 0.461 e. The lowest BCUT2D eigenvalue weighted by Gasteiger charge is -1.94. The normalized spacial score (nSPS) is 10.6. The van der Waals surface area contributed by atoms with Gasteiger partial charge in [-0.1, -0.05) is 5.16 Å². The van der Waals surface area contributed by atoms with Crippen LogP contribution in [0.2, 0.25) is 0 Å². The molecule has 0 saturated carbocycles. The van der Waals surface area contributed by atoms with Gasteiger partial charge in [-0.25, -0.2) is 4.98 Å². The van der Waals surface area contributed by atoms with Gasteiger partial charge in [-0.2, -0.15) is 4.98 Å². The summed E-state index contributed by atoms with van der Waals surface area (Å²) in [5, 5.41) is 3.82. The van der Waals surface area contributed by atoms with Crippen molar-refractivity contribution in [2.24, 2.45) is 0 Å². The summed E-state index contributed by atoms with van der Waals surface area (Å²) in [6.07, 6.45) is 3.14. The predicted octanol–water partition coefficient (Wildman–Crippen LogP) is 1.97. The summed E-state index contributed by atoms with van der Waals surface area (Å²) in [6, 6.07) is 6.93. The monoisotopic (exact) mass is 228 g/mol. The number of nitrogen functional groups attached to an aromatic ring is 1. The second-order valence-electron chi connectivity index (χ2n) is 3.37. The minimum Gasteiger partial charge on any atom is -0.461 e. The van der Waals surface area contributed by atoms with E-state index in [0.717, 1.165) is 5.56 Å². The first kappa shape index (κ1) is 9.59. The zero-order valence-electron chi connectivity index (χ0n) is 8.70. The van der Waals surface area contributed by atoms with Crippen molar-refractivity contribution >= 4 is 5.82 Å². The van der Waals surface area contributed by atoms with E-state index in [1.165, 1.54) is 0 Å². The molecule has 0 saturated heterocycles. The fourth-order valence-corrected chi connectivity index (χ4v) is 1.43. The van der Waals surface area contributed by atoms with Crippen molar-refractivity contribution in [3.8, 4) is 23.0 Å². The molecule has 0 aromatic carbocycles. The van der Waals surface area contributed by atoms with Crippen LogP contribution < -0.4 is 5.73 Å². The molecule has 0 atom stereocenters. The van der Waals surface area contributed by atoms with E-state index in [9.17, 15) is 0 Å². The maximum Gasteiger partial charge on any atom is 0.258 e. The number of hydrogen-bond acceptors (Lipinski definition) is 6. The first-order chi connectivity index (χ1) is 8.33. The summed E-state index contributed by atoms with van der Waals surface area (Å²) in [4.78, 5) is 8.10. The Morgan fingerprint density at radius 1 is 1.24 bits per heavy atom. The minimum absolute atomic E-state index is 0.380. The Labute approximate surface area is 96.1 Å². The molecule has 84 valence electrons. The van der Waals surface area contributed by atoms with E-state index in [-0.39, 0.29) is 0 Å². The Bertz CT molecular complexity index is 630. The molecule has 3 aromatic heterocycles. The van der Waals surface area contributed by atoms with Crippen molar-refractivity contribution < 1.29 is 8.94 Å². The van der Waals surface area contributed by atoms with Gasteiger partial charge in [0.15, 0.2) is 5.76 Å². The van der Waals surface area contributed by atoms with Crippen LogP contribution in [-0.2, 0) is 0 Å². The summed E-state index contributed by atoms with van der Waals surface area (Å²) in [6.45, 7) is 0. The molecule has 3 heterocycles. The molecule has 2 N–H and O–H groups in total. The molecular formula is C11H8N4O2. The molecule has 3 rings (SSSR count). The van der Waals surface area contributed by atoms with E-state index in [1.54, 1.807) is 36.7 Å². The van der Waals surface area contributed by atoms with Crippen LogP contribution in [0.25, 0.3) is 23.0 Å². The molecule has 0 amide bonds. The third kappa shape index (κ3) is 1.76. The third-order valence-electron chi connectivity index (χ3n) is 2.20. The average Bonchev–Trinajstić information content (AvgIpc) is 3.00. The highest BCUT2D eigenvalue weighted by Crippen LogP contribution is 2.22. The highest BCUT2D eigenvalue weighted by atomic mass is 16.5. The molecule has 0 aliphatic rings. The lowest BCUT2D eigenvalue weighted by molar-refractivity contribution is 0.429. The number of nitrogens with two attached hydrogens (primary N) is 1. The van der Waals surface area contributed by atoms with Gasteiger partial charge in [-0.15, -0.1) is 0 Å². The Morgan fingerprint density at radius 3 is 2.94 bits per heavy atom. The molecule has 0 fully saturated rings. The minimum atomic E-state index is 0.380. The second-order valence-corrected chi connectivity index (χ2v) is 3.37. The van der Waals surface area contributed by atoms with Gasteiger partial charge < -0.3 is 14.7 Å². The number of aromatic nitrogens is 3. The van der Waals surface area contributed by atoms with Crippen molar-refractivity contribution in [3.63, 3.8) is 0 Å². The lowest BCUT2D eigenvalue weighted by atomic mass is 10.2. The fraction of sp³-hybridized carbons (Fsp3) is 0. The number of pyridine rings is 1. The van der Waals surface area contributed by atoms with E-state index >= 15 is 0 Å². The lowest BCUT2D eigenvalue weighted by Crippen LogP contribution is -1.89. The van der Waals surface area contributed by atoms with Crippen LogP contribution in [0.4, 0.5) is 5.82 Å². The topological polar surface area (TPSA) is 91.0 Å². The Balaban J connectivity index is 2.01. The van der Waals surface area contributed by atoms with E-state index in [4.69, 9.17) is 14.7 Å². The number of hydrogen-bond donors (Lipinski definition) is 1. The van der Waals surface area contributed by atoms with E-state index in [0.29, 0.717) is 23.3 Å². The molecule has 0 unspecified atom stereocenters. The van der Waals surface area contributed by atoms with Gasteiger partial charge in [-0.05, 0) is 24.3 Å². The predicted molar refractivity (Wildman–Crippen MR) is 59.6 cm³/mol. The Hall–Kier alpha value is -2.63. The summed E-state index contributed by atoms with van der Waals surface area (Å²) < 4.78 is 10.3. The van der Waals surface area contributed by atoms with Crippen LogP contribution in [0.1, 0.15) is 0 Å². The summed E-state index contributed by atoms with van der Waals surface area (Å²) >= 11 is 0. The van der Waals surface area contributed by atoms with Crippen LogP contribution in [0.15, 0.2) is 45.7 Å². The van der Waals surface area contributed by atoms with E-state index in [1.807, 2.05) is 0 Å². The van der Waals surface area contributed by atoms with Crippen LogP contribution in [0.3, 0.4) is 0 Å². The first-order valence-corrected chi connectivity index (χ1v) is 4.92. The van der Waals surface area contributed by atoms with Gasteiger partial charge in [0, 0.05) is 11.8 Å². The van der Waals surface area contributed by atoms with Gasteiger partial charge in [0.25, 0.3) is 5.89 Å². The van der Waals surface area contributed by atoms with Crippen molar-refractivity contribution in [2.75, 3.05) is 5.73 Å². The second kappa shape index (κ2) is 3.75. The number of anilines is 1. The zero-order valence-corrected chi connectivity index (χ0v) is 8.70. The van der Waals surface area contributed by atoms with Crippen molar-refractivity contribution in [1.29, 1.82) is 0 Å². The molecule has 0 bridgehead atoms. The SMILES string of the molecule is Nc1cc(-c2nc(-c3ccco3)no2)ccn1. The van der Waals surface area contributed by atoms with Crippen molar-refractivity contribution in [1.82, 2.24) is 15.1 Å². The van der Waals surface area contributed by atoms with Crippen LogP contribution in [0, 0.1) is 0 Å². The fourth-order valence-electron chi connectivity index (χ4n) is 1.43. The van der Waals surface area contributed by atoms with Crippen molar-refractivity contribution in [3.05, 3.63) is 36.7 Å². The third-order valence-corrected chi connectivity index (χ3v) is 2.20. The standard InChI is InChI=1S/C11H8N4O2/c12-9-6-7(3-4-13-9)11-14-10(15-17-11)8-2-1-5-16-8/h1-6H,(H2,12,13). The average molecular weight is 228 g/mol. The maximum absolute atomic E-state index is 5.58. The summed E-state index contributed by atoms with van der Waals surface area (Å²) in [5.74, 6) is 1.74. The van der Waals surface area contributed by atoms with E-state index < -0.39 is 0 Å². The molecule has 0 aliphatic carbocycles. The van der Waals surface area contributed by atoms with Gasteiger partial charge in [-0.3, -0.25) is 0 Å². The molecule has 17 heavy (non-hydrogen) atoms. The summed E-state index contributed by atoms with van der Waals surface area (Å²) in [7, 11) is 0. The van der Waals surface area contributed by atoms with Crippen LogP contribution in [-0.4, -0.2) is 15.1 Å². The number of furan rings is 1. The number of rotatable bonds is 2. The smallest absolute Gasteiger partial charge is 0.258 e. The highest BCUT2D eigenvalue weighted by Gasteiger charge is 2.12. The van der Waals surface area contributed by atoms with Crippen LogP contribution in [0.5, 0.6) is 0 Å². The van der Waals surface area contributed by atoms with Gasteiger partial charge in [0.2, 0.25) is 5.82 Å². The molecule has 0 aliphatic heterocycles. The van der Waals surface area contributed by atoms with Gasteiger partial charge in [0.1, 0.15) is 5.82 Å². The quantitative estimate of drug-likeness (QED) is 0.721. The molecular weight excluding hydrogens is 220 g/mol. The molecule has 3 aromatic rings. The first-order valence-electron chi connectivity index (χ1n) is 4.92. The van der Waals surface area contributed by atoms with Crippen molar-refractivity contribution in [2.45, 2.75) is 0 Å². The maximum atomic E-state index is 5.58.